The van der Waals surface area contributed by atoms with E-state index in [4.69, 9.17) is 10.5 Å². The highest BCUT2D eigenvalue weighted by molar-refractivity contribution is 9.10. The average molecular weight is 340 g/mol. The molecule has 0 bridgehead atoms. The lowest BCUT2D eigenvalue weighted by Gasteiger charge is -2.02. The van der Waals surface area contributed by atoms with E-state index in [-0.39, 0.29) is 5.97 Å². The number of hydrogen-bond acceptors (Lipinski definition) is 4. The lowest BCUT2D eigenvalue weighted by Crippen LogP contribution is -2.04. The number of hydrogen-bond donors (Lipinski definition) is 1. The summed E-state index contributed by atoms with van der Waals surface area (Å²) in [5.41, 5.74) is 8.55. The number of carbonyl (C=O) groups is 1. The van der Waals surface area contributed by atoms with Crippen LogP contribution in [0.4, 0.5) is 5.69 Å². The second-order valence-electron chi connectivity index (χ2n) is 4.10. The molecule has 0 aliphatic rings. The molecule has 1 aromatic heterocycles. The molecule has 0 spiro atoms. The van der Waals surface area contributed by atoms with E-state index in [1.807, 2.05) is 25.1 Å². The van der Waals surface area contributed by atoms with Gasteiger partial charge in [-0.15, -0.1) is 11.3 Å². The van der Waals surface area contributed by atoms with Gasteiger partial charge in [-0.05, 0) is 32.0 Å². The Labute approximate surface area is 124 Å². The van der Waals surface area contributed by atoms with Crippen LogP contribution in [-0.2, 0) is 4.74 Å². The van der Waals surface area contributed by atoms with Gasteiger partial charge in [-0.25, -0.2) is 4.79 Å². The Kier molecular flexibility index (Phi) is 4.27. The van der Waals surface area contributed by atoms with E-state index in [1.54, 1.807) is 6.92 Å². The number of halogens is 1. The van der Waals surface area contributed by atoms with Crippen molar-refractivity contribution in [2.24, 2.45) is 0 Å². The van der Waals surface area contributed by atoms with Crippen LogP contribution >= 0.6 is 27.3 Å². The number of rotatable bonds is 3. The van der Waals surface area contributed by atoms with Gasteiger partial charge in [0.2, 0.25) is 0 Å². The third kappa shape index (κ3) is 2.98. The van der Waals surface area contributed by atoms with Gasteiger partial charge in [-0.2, -0.15) is 0 Å². The van der Waals surface area contributed by atoms with Gasteiger partial charge >= 0.3 is 5.97 Å². The highest BCUT2D eigenvalue weighted by Gasteiger charge is 2.17. The predicted octanol–water partition coefficient (Wildman–Crippen LogP) is 4.24. The minimum absolute atomic E-state index is 0.347. The molecule has 2 N–H and O–H groups in total. The normalized spacial score (nSPS) is 10.5. The first kappa shape index (κ1) is 14.1. The van der Waals surface area contributed by atoms with E-state index < -0.39 is 0 Å². The monoisotopic (exact) mass is 339 g/mol. The number of esters is 1. The molecule has 0 unspecified atom stereocenters. The number of benzene rings is 1. The number of ether oxygens (including phenoxy) is 1. The smallest absolute Gasteiger partial charge is 0.350 e. The van der Waals surface area contributed by atoms with Crippen molar-refractivity contribution in [1.29, 1.82) is 0 Å². The van der Waals surface area contributed by atoms with Crippen molar-refractivity contribution in [3.05, 3.63) is 39.2 Å². The number of anilines is 1. The third-order valence-corrected chi connectivity index (χ3v) is 4.46. The van der Waals surface area contributed by atoms with Crippen LogP contribution < -0.4 is 5.73 Å². The van der Waals surface area contributed by atoms with Crippen LogP contribution in [0.3, 0.4) is 0 Å². The Bertz CT molecular complexity index is 622. The van der Waals surface area contributed by atoms with Crippen molar-refractivity contribution in [2.75, 3.05) is 12.3 Å². The first-order chi connectivity index (χ1) is 9.02. The van der Waals surface area contributed by atoms with Crippen LogP contribution in [0, 0.1) is 6.92 Å². The SMILES string of the molecule is CCOC(=O)c1sc(-c2cc(C)ccc2Br)cc1N. The van der Waals surface area contributed by atoms with E-state index >= 15 is 0 Å². The van der Waals surface area contributed by atoms with Gasteiger partial charge in [-0.1, -0.05) is 27.6 Å². The maximum absolute atomic E-state index is 11.8. The fourth-order valence-electron chi connectivity index (χ4n) is 1.72. The van der Waals surface area contributed by atoms with Crippen molar-refractivity contribution in [3.8, 4) is 10.4 Å². The minimum Gasteiger partial charge on any atom is -0.462 e. The third-order valence-electron chi connectivity index (χ3n) is 2.61. The maximum Gasteiger partial charge on any atom is 0.350 e. The Morgan fingerprint density at radius 3 is 2.84 bits per heavy atom. The van der Waals surface area contributed by atoms with E-state index in [9.17, 15) is 4.79 Å². The van der Waals surface area contributed by atoms with E-state index in [0.717, 1.165) is 20.5 Å². The highest BCUT2D eigenvalue weighted by Crippen LogP contribution is 2.37. The van der Waals surface area contributed by atoms with Gasteiger partial charge < -0.3 is 10.5 Å². The van der Waals surface area contributed by atoms with E-state index in [0.29, 0.717) is 17.2 Å². The van der Waals surface area contributed by atoms with Gasteiger partial charge in [0, 0.05) is 14.9 Å². The number of thiophene rings is 1. The molecule has 0 atom stereocenters. The van der Waals surface area contributed by atoms with Gasteiger partial charge in [0.15, 0.2) is 0 Å². The first-order valence-electron chi connectivity index (χ1n) is 5.86. The molecule has 0 amide bonds. The number of carbonyl (C=O) groups excluding carboxylic acids is 1. The molecule has 1 aromatic carbocycles. The van der Waals surface area contributed by atoms with Gasteiger partial charge in [0.05, 0.1) is 12.3 Å². The molecule has 0 aliphatic carbocycles. The maximum atomic E-state index is 11.8. The second kappa shape index (κ2) is 5.75. The lowest BCUT2D eigenvalue weighted by atomic mass is 10.1. The molecule has 100 valence electrons. The fraction of sp³-hybridized carbons (Fsp3) is 0.214. The molecule has 0 fully saturated rings. The Morgan fingerprint density at radius 2 is 2.16 bits per heavy atom. The molecule has 19 heavy (non-hydrogen) atoms. The minimum atomic E-state index is -0.361. The van der Waals surface area contributed by atoms with Crippen molar-refractivity contribution in [1.82, 2.24) is 0 Å². The van der Waals surface area contributed by atoms with Crippen LogP contribution in [0.15, 0.2) is 28.7 Å². The fourth-order valence-corrected chi connectivity index (χ4v) is 3.32. The molecule has 5 heteroatoms. The topological polar surface area (TPSA) is 52.3 Å². The molecule has 2 rings (SSSR count). The molecule has 0 saturated carbocycles. The van der Waals surface area contributed by atoms with Crippen LogP contribution in [-0.4, -0.2) is 12.6 Å². The van der Waals surface area contributed by atoms with Crippen LogP contribution in [0.1, 0.15) is 22.2 Å². The van der Waals surface area contributed by atoms with Crippen molar-refractivity contribution in [2.45, 2.75) is 13.8 Å². The zero-order valence-corrected chi connectivity index (χ0v) is 13.1. The summed E-state index contributed by atoms with van der Waals surface area (Å²) in [7, 11) is 0. The summed E-state index contributed by atoms with van der Waals surface area (Å²) < 4.78 is 5.97. The van der Waals surface area contributed by atoms with Crippen LogP contribution in [0.5, 0.6) is 0 Å². The molecule has 0 radical (unpaired) electrons. The Balaban J connectivity index is 2.44. The average Bonchev–Trinajstić information content (AvgIpc) is 2.74. The highest BCUT2D eigenvalue weighted by atomic mass is 79.9. The Morgan fingerprint density at radius 1 is 1.42 bits per heavy atom. The molecule has 1 heterocycles. The molecular formula is C14H14BrNO2S. The summed E-state index contributed by atoms with van der Waals surface area (Å²) in [6.45, 7) is 4.15. The summed E-state index contributed by atoms with van der Waals surface area (Å²) in [5, 5.41) is 0. The summed E-state index contributed by atoms with van der Waals surface area (Å²) in [6.07, 6.45) is 0. The summed E-state index contributed by atoms with van der Waals surface area (Å²) in [4.78, 5) is 13.2. The number of nitrogen functional groups attached to an aromatic ring is 1. The zero-order chi connectivity index (χ0) is 14.0. The van der Waals surface area contributed by atoms with Crippen molar-refractivity contribution >= 4 is 38.9 Å². The largest absolute Gasteiger partial charge is 0.462 e. The van der Waals surface area contributed by atoms with E-state index in [2.05, 4.69) is 22.0 Å². The van der Waals surface area contributed by atoms with Crippen molar-refractivity contribution < 1.29 is 9.53 Å². The molecule has 0 saturated heterocycles. The number of aryl methyl sites for hydroxylation is 1. The summed E-state index contributed by atoms with van der Waals surface area (Å²) >= 11 is 4.87. The number of nitrogens with two attached hydrogens (primary N) is 1. The molecule has 2 aromatic rings. The molecule has 3 nitrogen and oxygen atoms in total. The molecular weight excluding hydrogens is 326 g/mol. The molecule has 0 aliphatic heterocycles. The van der Waals surface area contributed by atoms with Crippen LogP contribution in [0.25, 0.3) is 10.4 Å². The van der Waals surface area contributed by atoms with Gasteiger partial charge in [-0.3, -0.25) is 0 Å². The van der Waals surface area contributed by atoms with Gasteiger partial charge in [0.25, 0.3) is 0 Å². The summed E-state index contributed by atoms with van der Waals surface area (Å²) in [6, 6.07) is 7.89. The Hall–Kier alpha value is -1.33. The predicted molar refractivity (Wildman–Crippen MR) is 82.6 cm³/mol. The summed E-state index contributed by atoms with van der Waals surface area (Å²) in [5.74, 6) is -0.361. The van der Waals surface area contributed by atoms with E-state index in [1.165, 1.54) is 11.3 Å². The van der Waals surface area contributed by atoms with Crippen LogP contribution in [0.2, 0.25) is 0 Å². The standard InChI is InChI=1S/C14H14BrNO2S/c1-3-18-14(17)13-11(16)7-12(19-13)9-6-8(2)4-5-10(9)15/h4-7H,3,16H2,1-2H3. The zero-order valence-electron chi connectivity index (χ0n) is 10.7. The lowest BCUT2D eigenvalue weighted by molar-refractivity contribution is 0.0533. The van der Waals surface area contributed by atoms with Crippen molar-refractivity contribution in [3.63, 3.8) is 0 Å². The second-order valence-corrected chi connectivity index (χ2v) is 6.01. The van der Waals surface area contributed by atoms with Gasteiger partial charge in [0.1, 0.15) is 4.88 Å². The quantitative estimate of drug-likeness (QED) is 0.850. The first-order valence-corrected chi connectivity index (χ1v) is 7.46.